The quantitative estimate of drug-likeness (QED) is 0.715. The smallest absolute Gasteiger partial charge is 0.162 e. The maximum Gasteiger partial charge on any atom is 0.162 e. The summed E-state index contributed by atoms with van der Waals surface area (Å²) in [5, 5.41) is 4.35. The number of nitrogens with zero attached hydrogens (tertiary/aromatic N) is 2. The molecule has 1 aromatic heterocycles. The van der Waals surface area contributed by atoms with Gasteiger partial charge in [0, 0.05) is 30.2 Å². The molecule has 2 heterocycles. The molecule has 1 atom stereocenters. The molecule has 0 saturated carbocycles. The van der Waals surface area contributed by atoms with Crippen LogP contribution in [0.15, 0.2) is 42.5 Å². The maximum absolute atomic E-state index is 5.73. The summed E-state index contributed by atoms with van der Waals surface area (Å²) < 4.78 is 16.6. The van der Waals surface area contributed by atoms with Gasteiger partial charge in [-0.2, -0.15) is 0 Å². The highest BCUT2D eigenvalue weighted by Gasteiger charge is 2.18. The van der Waals surface area contributed by atoms with Crippen LogP contribution in [-0.4, -0.2) is 43.4 Å². The van der Waals surface area contributed by atoms with Gasteiger partial charge in [0.25, 0.3) is 0 Å². The summed E-state index contributed by atoms with van der Waals surface area (Å²) in [7, 11) is 3.25. The fraction of sp³-hybridized carbons (Fsp3) is 0.333. The van der Waals surface area contributed by atoms with Crippen LogP contribution in [0.5, 0.6) is 11.5 Å². The summed E-state index contributed by atoms with van der Waals surface area (Å²) in [4.78, 5) is 9.54. The first-order valence-corrected chi connectivity index (χ1v) is 9.13. The summed E-state index contributed by atoms with van der Waals surface area (Å²) in [5.41, 5.74) is 1.77. The fourth-order valence-electron chi connectivity index (χ4n) is 3.32. The molecule has 0 spiro atoms. The molecule has 3 aromatic rings. The van der Waals surface area contributed by atoms with Crippen LogP contribution in [0.3, 0.4) is 0 Å². The number of nitrogens with one attached hydrogen (secondary N) is 1. The van der Waals surface area contributed by atoms with Crippen molar-refractivity contribution in [2.45, 2.75) is 18.9 Å². The van der Waals surface area contributed by atoms with Gasteiger partial charge < -0.3 is 19.5 Å². The Morgan fingerprint density at radius 2 is 1.85 bits per heavy atom. The summed E-state index contributed by atoms with van der Waals surface area (Å²) in [6, 6.07) is 13.8. The van der Waals surface area contributed by atoms with E-state index >= 15 is 0 Å². The van der Waals surface area contributed by atoms with Crippen molar-refractivity contribution in [2.24, 2.45) is 0 Å². The van der Waals surface area contributed by atoms with E-state index in [4.69, 9.17) is 24.2 Å². The fourth-order valence-corrected chi connectivity index (χ4v) is 3.32. The van der Waals surface area contributed by atoms with Gasteiger partial charge in [-0.05, 0) is 18.9 Å². The van der Waals surface area contributed by atoms with Gasteiger partial charge in [-0.3, -0.25) is 0 Å². The average Bonchev–Trinajstić information content (AvgIpc) is 3.25. The molecule has 1 aliphatic rings. The van der Waals surface area contributed by atoms with Crippen LogP contribution in [0.2, 0.25) is 0 Å². The van der Waals surface area contributed by atoms with Gasteiger partial charge in [0.2, 0.25) is 0 Å². The molecule has 1 aliphatic heterocycles. The van der Waals surface area contributed by atoms with Crippen LogP contribution in [-0.2, 0) is 4.74 Å². The molecule has 140 valence electrons. The zero-order chi connectivity index (χ0) is 18.6. The molecule has 1 saturated heterocycles. The van der Waals surface area contributed by atoms with Crippen LogP contribution in [0.4, 0.5) is 5.82 Å². The second kappa shape index (κ2) is 7.80. The Morgan fingerprint density at radius 3 is 2.56 bits per heavy atom. The Morgan fingerprint density at radius 1 is 1.07 bits per heavy atom. The van der Waals surface area contributed by atoms with Gasteiger partial charge in [0.1, 0.15) is 5.82 Å². The number of rotatable bonds is 6. The molecule has 0 bridgehead atoms. The van der Waals surface area contributed by atoms with E-state index < -0.39 is 0 Å². The highest BCUT2D eigenvalue weighted by Crippen LogP contribution is 2.35. The lowest BCUT2D eigenvalue weighted by molar-refractivity contribution is 0.120. The number of hydrogen-bond acceptors (Lipinski definition) is 6. The summed E-state index contributed by atoms with van der Waals surface area (Å²) in [6.45, 7) is 1.55. The monoisotopic (exact) mass is 365 g/mol. The van der Waals surface area contributed by atoms with E-state index in [1.807, 2.05) is 42.5 Å². The molecular formula is C21H23N3O3. The van der Waals surface area contributed by atoms with Crippen molar-refractivity contribution >= 4 is 16.7 Å². The van der Waals surface area contributed by atoms with Gasteiger partial charge >= 0.3 is 0 Å². The Hall–Kier alpha value is -2.86. The van der Waals surface area contributed by atoms with E-state index in [-0.39, 0.29) is 6.10 Å². The van der Waals surface area contributed by atoms with E-state index in [1.54, 1.807) is 14.2 Å². The number of benzene rings is 2. The van der Waals surface area contributed by atoms with Crippen molar-refractivity contribution in [3.63, 3.8) is 0 Å². The number of hydrogen-bond donors (Lipinski definition) is 1. The van der Waals surface area contributed by atoms with Gasteiger partial charge in [-0.1, -0.05) is 30.3 Å². The van der Waals surface area contributed by atoms with Crippen LogP contribution >= 0.6 is 0 Å². The van der Waals surface area contributed by atoms with Gasteiger partial charge in [0.15, 0.2) is 17.3 Å². The number of ether oxygens (including phenoxy) is 3. The molecule has 0 amide bonds. The third kappa shape index (κ3) is 3.66. The normalized spacial score (nSPS) is 16.4. The second-order valence-corrected chi connectivity index (χ2v) is 6.50. The standard InChI is InChI=1S/C21H23N3O3/c1-25-18-11-16-17(12-19(18)26-2)23-20(14-7-4-3-5-8-14)24-21(16)22-13-15-9-6-10-27-15/h3-5,7-8,11-12,15H,6,9-10,13H2,1-2H3,(H,22,23,24)/t15-/m1/s1. The third-order valence-electron chi connectivity index (χ3n) is 4.75. The van der Waals surface area contributed by atoms with Gasteiger partial charge in [-0.15, -0.1) is 0 Å². The second-order valence-electron chi connectivity index (χ2n) is 6.50. The van der Waals surface area contributed by atoms with Crippen molar-refractivity contribution in [1.29, 1.82) is 0 Å². The summed E-state index contributed by atoms with van der Waals surface area (Å²) in [5.74, 6) is 2.74. The van der Waals surface area contributed by atoms with Crippen LogP contribution in [0, 0.1) is 0 Å². The van der Waals surface area contributed by atoms with E-state index in [0.29, 0.717) is 23.9 Å². The highest BCUT2D eigenvalue weighted by molar-refractivity contribution is 5.93. The first-order chi connectivity index (χ1) is 13.3. The molecule has 2 aromatic carbocycles. The molecular weight excluding hydrogens is 342 g/mol. The minimum Gasteiger partial charge on any atom is -0.493 e. The molecule has 0 radical (unpaired) electrons. The lowest BCUT2D eigenvalue weighted by atomic mass is 10.1. The van der Waals surface area contributed by atoms with Gasteiger partial charge in [-0.25, -0.2) is 9.97 Å². The van der Waals surface area contributed by atoms with E-state index in [0.717, 1.165) is 41.7 Å². The third-order valence-corrected chi connectivity index (χ3v) is 4.75. The topological polar surface area (TPSA) is 65.5 Å². The maximum atomic E-state index is 5.73. The van der Waals surface area contributed by atoms with Crippen molar-refractivity contribution in [3.8, 4) is 22.9 Å². The molecule has 1 fully saturated rings. The number of anilines is 1. The Kier molecular flexibility index (Phi) is 5.07. The van der Waals surface area contributed by atoms with Gasteiger partial charge in [0.05, 0.1) is 25.8 Å². The minimum atomic E-state index is 0.218. The largest absolute Gasteiger partial charge is 0.493 e. The lowest BCUT2D eigenvalue weighted by Gasteiger charge is -2.16. The predicted molar refractivity (Wildman–Crippen MR) is 106 cm³/mol. The molecule has 4 rings (SSSR count). The predicted octanol–water partition coefficient (Wildman–Crippen LogP) is 3.90. The number of methoxy groups -OCH3 is 2. The molecule has 27 heavy (non-hydrogen) atoms. The van der Waals surface area contributed by atoms with Crippen LogP contribution in [0.25, 0.3) is 22.3 Å². The van der Waals surface area contributed by atoms with Crippen molar-refractivity contribution in [2.75, 3.05) is 32.7 Å². The molecule has 0 aliphatic carbocycles. The zero-order valence-corrected chi connectivity index (χ0v) is 15.6. The SMILES string of the molecule is COc1cc2nc(-c3ccccc3)nc(NC[C@H]3CCCO3)c2cc1OC. The van der Waals surface area contributed by atoms with Crippen LogP contribution in [0.1, 0.15) is 12.8 Å². The van der Waals surface area contributed by atoms with Crippen molar-refractivity contribution in [1.82, 2.24) is 9.97 Å². The van der Waals surface area contributed by atoms with Crippen LogP contribution < -0.4 is 14.8 Å². The average molecular weight is 365 g/mol. The van der Waals surface area contributed by atoms with Crippen molar-refractivity contribution < 1.29 is 14.2 Å². The first-order valence-electron chi connectivity index (χ1n) is 9.13. The summed E-state index contributed by atoms with van der Waals surface area (Å²) in [6.07, 6.45) is 2.39. The lowest BCUT2D eigenvalue weighted by Crippen LogP contribution is -2.19. The Bertz CT molecular complexity index is 925. The van der Waals surface area contributed by atoms with E-state index in [9.17, 15) is 0 Å². The Labute approximate surface area is 158 Å². The molecule has 1 N–H and O–H groups in total. The summed E-state index contributed by atoms with van der Waals surface area (Å²) >= 11 is 0. The van der Waals surface area contributed by atoms with E-state index in [1.165, 1.54) is 0 Å². The zero-order valence-electron chi connectivity index (χ0n) is 15.6. The van der Waals surface area contributed by atoms with Crippen molar-refractivity contribution in [3.05, 3.63) is 42.5 Å². The number of fused-ring (bicyclic) bond motifs is 1. The highest BCUT2D eigenvalue weighted by atomic mass is 16.5. The number of aromatic nitrogens is 2. The minimum absolute atomic E-state index is 0.218. The van der Waals surface area contributed by atoms with E-state index in [2.05, 4.69) is 5.32 Å². The Balaban J connectivity index is 1.80. The molecule has 6 heteroatoms. The first kappa shape index (κ1) is 17.5. The molecule has 0 unspecified atom stereocenters. The molecule has 6 nitrogen and oxygen atoms in total.